The van der Waals surface area contributed by atoms with Crippen molar-refractivity contribution >= 4 is 10.0 Å². The maximum Gasteiger partial charge on any atom is 0.214 e. The number of ether oxygens (including phenoxy) is 1. The second-order valence-electron chi connectivity index (χ2n) is 3.75. The topological polar surface area (TPSA) is 81.4 Å². The Balaban J connectivity index is 2.49. The van der Waals surface area contributed by atoms with Crippen LogP contribution in [-0.2, 0) is 14.8 Å². The molecule has 0 radical (unpaired) electrons. The standard InChI is InChI=1S/C8H18N2O3S/c1-13-5-6-14(11,12)10-8(7-9)3-2-4-8/h10H,2-7,9H2,1H3. The lowest BCUT2D eigenvalue weighted by molar-refractivity contribution is 0.212. The largest absolute Gasteiger partial charge is 0.384 e. The lowest BCUT2D eigenvalue weighted by Crippen LogP contribution is -2.58. The SMILES string of the molecule is COCCS(=O)(=O)NC1(CN)CCC1. The molecule has 3 N–H and O–H groups in total. The van der Waals surface area contributed by atoms with Crippen LogP contribution in [0.5, 0.6) is 0 Å². The van der Waals surface area contributed by atoms with Crippen LogP contribution in [0.2, 0.25) is 0 Å². The molecule has 0 atom stereocenters. The smallest absolute Gasteiger partial charge is 0.214 e. The predicted molar refractivity (Wildman–Crippen MR) is 54.4 cm³/mol. The molecule has 1 rings (SSSR count). The second kappa shape index (κ2) is 4.57. The predicted octanol–water partition coefficient (Wildman–Crippen LogP) is -0.566. The van der Waals surface area contributed by atoms with Gasteiger partial charge in [-0.1, -0.05) is 0 Å². The number of hydrogen-bond donors (Lipinski definition) is 2. The van der Waals surface area contributed by atoms with Crippen LogP contribution < -0.4 is 10.5 Å². The third kappa shape index (κ3) is 2.91. The highest BCUT2D eigenvalue weighted by Crippen LogP contribution is 2.31. The molecule has 0 aromatic heterocycles. The number of sulfonamides is 1. The zero-order valence-electron chi connectivity index (χ0n) is 8.45. The van der Waals surface area contributed by atoms with Crippen molar-refractivity contribution in [1.29, 1.82) is 0 Å². The maximum atomic E-state index is 11.5. The van der Waals surface area contributed by atoms with Crippen LogP contribution in [0.4, 0.5) is 0 Å². The minimum absolute atomic E-state index is 0.00521. The minimum Gasteiger partial charge on any atom is -0.384 e. The van der Waals surface area contributed by atoms with Crippen LogP contribution in [0.1, 0.15) is 19.3 Å². The molecular weight excluding hydrogens is 204 g/mol. The molecule has 0 spiro atoms. The van der Waals surface area contributed by atoms with Gasteiger partial charge in [0.15, 0.2) is 0 Å². The number of methoxy groups -OCH3 is 1. The van der Waals surface area contributed by atoms with E-state index in [1.165, 1.54) is 7.11 Å². The fourth-order valence-electron chi connectivity index (χ4n) is 1.53. The number of nitrogens with two attached hydrogens (primary N) is 1. The van der Waals surface area contributed by atoms with Crippen LogP contribution in [0.3, 0.4) is 0 Å². The second-order valence-corrected chi connectivity index (χ2v) is 5.59. The molecule has 0 unspecified atom stereocenters. The Bertz CT molecular complexity index is 267. The van der Waals surface area contributed by atoms with Gasteiger partial charge in [0.2, 0.25) is 10.0 Å². The van der Waals surface area contributed by atoms with E-state index in [4.69, 9.17) is 10.5 Å². The lowest BCUT2D eigenvalue weighted by Gasteiger charge is -2.41. The molecule has 1 aliphatic rings. The molecule has 0 saturated heterocycles. The van der Waals surface area contributed by atoms with E-state index < -0.39 is 10.0 Å². The van der Waals surface area contributed by atoms with E-state index in [1.807, 2.05) is 0 Å². The summed E-state index contributed by atoms with van der Waals surface area (Å²) in [6.07, 6.45) is 2.73. The summed E-state index contributed by atoms with van der Waals surface area (Å²) >= 11 is 0. The van der Waals surface area contributed by atoms with Gasteiger partial charge in [-0.2, -0.15) is 0 Å². The number of nitrogens with one attached hydrogen (secondary N) is 1. The van der Waals surface area contributed by atoms with E-state index in [-0.39, 0.29) is 17.9 Å². The van der Waals surface area contributed by atoms with Gasteiger partial charge in [0.25, 0.3) is 0 Å². The van der Waals surface area contributed by atoms with Crippen molar-refractivity contribution in [1.82, 2.24) is 4.72 Å². The molecule has 1 saturated carbocycles. The van der Waals surface area contributed by atoms with Gasteiger partial charge in [-0.25, -0.2) is 13.1 Å². The van der Waals surface area contributed by atoms with Crippen molar-refractivity contribution in [3.05, 3.63) is 0 Å². The monoisotopic (exact) mass is 222 g/mol. The van der Waals surface area contributed by atoms with Gasteiger partial charge in [-0.05, 0) is 19.3 Å². The third-order valence-electron chi connectivity index (χ3n) is 2.63. The molecule has 0 heterocycles. The first-order valence-electron chi connectivity index (χ1n) is 4.74. The molecule has 0 aromatic carbocycles. The summed E-state index contributed by atoms with van der Waals surface area (Å²) in [5, 5.41) is 0. The van der Waals surface area contributed by atoms with Gasteiger partial charge < -0.3 is 10.5 Å². The van der Waals surface area contributed by atoms with Crippen molar-refractivity contribution in [2.45, 2.75) is 24.8 Å². The Morgan fingerprint density at radius 1 is 1.50 bits per heavy atom. The molecule has 5 nitrogen and oxygen atoms in total. The van der Waals surface area contributed by atoms with Gasteiger partial charge in [0.05, 0.1) is 12.4 Å². The van der Waals surface area contributed by atoms with E-state index >= 15 is 0 Å². The molecule has 0 bridgehead atoms. The molecule has 1 fully saturated rings. The third-order valence-corrected chi connectivity index (χ3v) is 4.08. The fraction of sp³-hybridized carbons (Fsp3) is 1.00. The van der Waals surface area contributed by atoms with Gasteiger partial charge in [0, 0.05) is 19.2 Å². The maximum absolute atomic E-state index is 11.5. The highest BCUT2D eigenvalue weighted by atomic mass is 32.2. The van der Waals surface area contributed by atoms with Crippen molar-refractivity contribution in [2.75, 3.05) is 26.0 Å². The van der Waals surface area contributed by atoms with Crippen LogP contribution >= 0.6 is 0 Å². The van der Waals surface area contributed by atoms with Crippen LogP contribution in [0, 0.1) is 0 Å². The Kier molecular flexibility index (Phi) is 3.88. The molecule has 14 heavy (non-hydrogen) atoms. The first-order valence-corrected chi connectivity index (χ1v) is 6.39. The summed E-state index contributed by atoms with van der Waals surface area (Å²) in [5.41, 5.74) is 5.18. The van der Waals surface area contributed by atoms with Crippen molar-refractivity contribution in [3.63, 3.8) is 0 Å². The van der Waals surface area contributed by atoms with Crippen molar-refractivity contribution in [2.24, 2.45) is 5.73 Å². The van der Waals surface area contributed by atoms with E-state index in [1.54, 1.807) is 0 Å². The molecule has 0 amide bonds. The van der Waals surface area contributed by atoms with E-state index in [9.17, 15) is 8.42 Å². The van der Waals surface area contributed by atoms with E-state index in [0.29, 0.717) is 6.54 Å². The summed E-state index contributed by atoms with van der Waals surface area (Å²) in [5.74, 6) is 0.00521. The first kappa shape index (κ1) is 11.9. The van der Waals surface area contributed by atoms with Crippen LogP contribution in [-0.4, -0.2) is 40.0 Å². The Morgan fingerprint density at radius 2 is 2.14 bits per heavy atom. The molecule has 1 aliphatic carbocycles. The quantitative estimate of drug-likeness (QED) is 0.631. The van der Waals surface area contributed by atoms with E-state index in [2.05, 4.69) is 4.72 Å². The highest BCUT2D eigenvalue weighted by Gasteiger charge is 2.38. The summed E-state index contributed by atoms with van der Waals surface area (Å²) in [6, 6.07) is 0. The van der Waals surface area contributed by atoms with Gasteiger partial charge in [-0.15, -0.1) is 0 Å². The zero-order valence-corrected chi connectivity index (χ0v) is 9.27. The summed E-state index contributed by atoms with van der Waals surface area (Å²) in [4.78, 5) is 0. The molecule has 6 heteroatoms. The van der Waals surface area contributed by atoms with Crippen molar-refractivity contribution in [3.8, 4) is 0 Å². The summed E-state index contributed by atoms with van der Waals surface area (Å²) in [7, 11) is -1.75. The van der Waals surface area contributed by atoms with Gasteiger partial charge in [0.1, 0.15) is 0 Å². The highest BCUT2D eigenvalue weighted by molar-refractivity contribution is 7.89. The van der Waals surface area contributed by atoms with Gasteiger partial charge >= 0.3 is 0 Å². The Hall–Kier alpha value is -0.170. The number of hydrogen-bond acceptors (Lipinski definition) is 4. The normalized spacial score (nSPS) is 20.4. The zero-order chi connectivity index (χ0) is 10.7. The molecule has 0 aliphatic heterocycles. The van der Waals surface area contributed by atoms with Crippen LogP contribution in [0.25, 0.3) is 0 Å². The minimum atomic E-state index is -3.23. The first-order chi connectivity index (χ1) is 6.54. The average Bonchev–Trinajstić information content (AvgIpc) is 2.08. The summed E-state index contributed by atoms with van der Waals surface area (Å²) in [6.45, 7) is 0.592. The van der Waals surface area contributed by atoms with Gasteiger partial charge in [-0.3, -0.25) is 0 Å². The molecular formula is C8H18N2O3S. The molecule has 84 valence electrons. The van der Waals surface area contributed by atoms with Crippen LogP contribution in [0.15, 0.2) is 0 Å². The Labute approximate surface area is 85.1 Å². The molecule has 0 aromatic rings. The van der Waals surface area contributed by atoms with Crippen molar-refractivity contribution < 1.29 is 13.2 Å². The lowest BCUT2D eigenvalue weighted by atomic mass is 9.78. The number of rotatable bonds is 6. The fourth-order valence-corrected chi connectivity index (χ4v) is 2.96. The average molecular weight is 222 g/mol. The Morgan fingerprint density at radius 3 is 2.50 bits per heavy atom. The van der Waals surface area contributed by atoms with E-state index in [0.717, 1.165) is 19.3 Å². The summed E-state index contributed by atoms with van der Waals surface area (Å²) < 4.78 is 30.4.